The zero-order chi connectivity index (χ0) is 64.6. The Kier molecular flexibility index (Phi) is 23.4. The minimum Gasteiger partial charge on any atom is -0.445 e. The van der Waals surface area contributed by atoms with Crippen LogP contribution >= 0.6 is 0 Å². The number of carbonyl (C=O) groups excluding carboxylic acids is 9. The van der Waals surface area contributed by atoms with E-state index in [1.165, 1.54) is 16.0 Å². The third-order valence-electron chi connectivity index (χ3n) is 16.5. The molecule has 2 aliphatic heterocycles. The van der Waals surface area contributed by atoms with E-state index in [9.17, 15) is 43.2 Å². The van der Waals surface area contributed by atoms with Crippen LogP contribution in [0, 0.1) is 16.7 Å². The average Bonchev–Trinajstić information content (AvgIpc) is 1.94. The van der Waals surface area contributed by atoms with Crippen LogP contribution in [-0.2, 0) is 69.0 Å². The molecule has 2 heterocycles. The molecule has 0 saturated carbocycles. The highest BCUT2D eigenvalue weighted by Gasteiger charge is 2.47. The fourth-order valence-corrected chi connectivity index (χ4v) is 11.5. The molecule has 480 valence electrons. The van der Waals surface area contributed by atoms with Gasteiger partial charge in [-0.15, -0.1) is 0 Å². The number of likely N-dealkylation sites (tertiary alicyclic amines) is 2. The molecule has 8 rings (SSSR count). The zero-order valence-corrected chi connectivity index (χ0v) is 53.2. The van der Waals surface area contributed by atoms with Crippen molar-refractivity contribution in [3.05, 3.63) is 143 Å². The summed E-state index contributed by atoms with van der Waals surface area (Å²) in [6.07, 6.45) is 3.69. The number of hydrogen-bond acceptors (Lipinski definition) is 12. The van der Waals surface area contributed by atoms with Gasteiger partial charge in [-0.1, -0.05) is 158 Å². The Morgan fingerprint density at radius 1 is 0.506 bits per heavy atom. The van der Waals surface area contributed by atoms with Crippen LogP contribution in [0.4, 0.5) is 14.4 Å². The van der Waals surface area contributed by atoms with Gasteiger partial charge in [-0.05, 0) is 116 Å². The first-order valence-electron chi connectivity index (χ1n) is 31.0. The maximum Gasteiger partial charge on any atom is 0.408 e. The Morgan fingerprint density at radius 2 is 0.910 bits per heavy atom. The third-order valence-corrected chi connectivity index (χ3v) is 16.5. The van der Waals surface area contributed by atoms with E-state index < -0.39 is 77.2 Å². The molecule has 0 unspecified atom stereocenters. The van der Waals surface area contributed by atoms with Gasteiger partial charge in [0, 0.05) is 31.1 Å². The monoisotopic (exact) mass is 1230 g/mol. The summed E-state index contributed by atoms with van der Waals surface area (Å²) in [4.78, 5) is 121. The lowest BCUT2D eigenvalue weighted by atomic mass is 9.81. The highest BCUT2D eigenvalue weighted by atomic mass is 16.6. The Hall–Kier alpha value is -8.49. The molecule has 2 saturated heterocycles. The molecule has 9 amide bonds. The lowest BCUT2D eigenvalue weighted by Gasteiger charge is -2.36. The maximum absolute atomic E-state index is 14.2. The van der Waals surface area contributed by atoms with Gasteiger partial charge in [0.15, 0.2) is 0 Å². The molecular formula is C68H91N9O12. The van der Waals surface area contributed by atoms with Crippen molar-refractivity contribution in [3.63, 3.8) is 0 Å². The molecule has 0 bridgehead atoms. The van der Waals surface area contributed by atoms with Crippen LogP contribution in [0.15, 0.2) is 109 Å². The Morgan fingerprint density at radius 3 is 1.31 bits per heavy atom. The van der Waals surface area contributed by atoms with Crippen molar-refractivity contribution in [3.8, 4) is 0 Å². The number of aryl methyl sites for hydroxylation is 2. The fraction of sp³-hybridized carbons (Fsp3) is 0.515. The number of alkyl carbamates (subject to hydrolysis) is 3. The van der Waals surface area contributed by atoms with E-state index in [2.05, 4.69) is 55.4 Å². The smallest absolute Gasteiger partial charge is 0.408 e. The number of benzene rings is 4. The van der Waals surface area contributed by atoms with Crippen molar-refractivity contribution in [2.24, 2.45) is 16.7 Å². The van der Waals surface area contributed by atoms with Gasteiger partial charge in [-0.25, -0.2) is 14.4 Å². The van der Waals surface area contributed by atoms with E-state index in [-0.39, 0.29) is 87.0 Å². The summed E-state index contributed by atoms with van der Waals surface area (Å²) in [6, 6.07) is 30.6. The summed E-state index contributed by atoms with van der Waals surface area (Å²) in [6.45, 7) is 18.3. The fourth-order valence-electron chi connectivity index (χ4n) is 11.5. The molecule has 0 radical (unpaired) electrons. The number of ether oxygens (including phenoxy) is 3. The molecule has 21 nitrogen and oxygen atoms in total. The molecule has 0 aromatic heterocycles. The number of rotatable bonds is 17. The molecule has 8 atom stereocenters. The molecule has 0 spiro atoms. The van der Waals surface area contributed by atoms with Crippen LogP contribution in [0.3, 0.4) is 0 Å². The summed E-state index contributed by atoms with van der Waals surface area (Å²) in [5.41, 5.74) is 4.46. The molecule has 4 aliphatic rings. The average molecular weight is 1230 g/mol. The van der Waals surface area contributed by atoms with Gasteiger partial charge in [0.25, 0.3) is 0 Å². The van der Waals surface area contributed by atoms with Crippen molar-refractivity contribution in [1.29, 1.82) is 0 Å². The summed E-state index contributed by atoms with van der Waals surface area (Å²) in [5.74, 6) is -2.34. The summed E-state index contributed by atoms with van der Waals surface area (Å²) in [7, 11) is 0. The Labute approximate surface area is 523 Å². The number of amides is 9. The molecule has 2 fully saturated rings. The molecule has 2 aliphatic carbocycles. The van der Waals surface area contributed by atoms with Crippen molar-refractivity contribution in [1.82, 2.24) is 47.0 Å². The van der Waals surface area contributed by atoms with Crippen molar-refractivity contribution < 1.29 is 57.4 Å². The third kappa shape index (κ3) is 20.0. The molecule has 4 aromatic carbocycles. The summed E-state index contributed by atoms with van der Waals surface area (Å²) >= 11 is 0. The van der Waals surface area contributed by atoms with Gasteiger partial charge in [0.05, 0.1) is 12.1 Å². The second kappa shape index (κ2) is 30.6. The highest BCUT2D eigenvalue weighted by molar-refractivity contribution is 5.93. The van der Waals surface area contributed by atoms with Gasteiger partial charge in [0.1, 0.15) is 50.0 Å². The molecular weight excluding hydrogens is 1130 g/mol. The Bertz CT molecular complexity index is 3120. The second-order valence-electron chi connectivity index (χ2n) is 26.7. The highest BCUT2D eigenvalue weighted by Crippen LogP contribution is 2.35. The molecule has 4 aromatic rings. The first kappa shape index (κ1) is 68.0. The minimum atomic E-state index is -1.02. The van der Waals surface area contributed by atoms with Crippen LogP contribution < -0.4 is 37.2 Å². The Balaban J connectivity index is 0.000000257. The summed E-state index contributed by atoms with van der Waals surface area (Å²) < 4.78 is 15.8. The number of nitrogens with one attached hydrogen (secondary N) is 7. The van der Waals surface area contributed by atoms with Gasteiger partial charge in [0.2, 0.25) is 35.4 Å². The molecule has 7 N–H and O–H groups in total. The number of carbonyl (C=O) groups is 9. The van der Waals surface area contributed by atoms with E-state index >= 15 is 0 Å². The SMILES string of the molecule is CC(C)(C)OC(=O)N[C@H](C(=O)N1C[C@@H](NC(=O)CNC(=O)OCc2ccccc2)C[C@H]1C(=O)N[C@@H]1CCCc2ccccc21)C(C)(C)C.C[C@H](C(=O)N1C[C@@H](NC(=O)CNC(=O)OCc2ccccc2)C[C@H]1C(=O)N[C@@H]1CCCc2ccccc21)C(C)(C)C. The second-order valence-corrected chi connectivity index (χ2v) is 26.7. The van der Waals surface area contributed by atoms with Crippen LogP contribution in [0.5, 0.6) is 0 Å². The topological polar surface area (TPSA) is 272 Å². The quantitative estimate of drug-likeness (QED) is 0.0496. The van der Waals surface area contributed by atoms with Gasteiger partial charge < -0.3 is 61.2 Å². The lowest BCUT2D eigenvalue weighted by Crippen LogP contribution is -2.58. The predicted molar refractivity (Wildman–Crippen MR) is 335 cm³/mol. The largest absolute Gasteiger partial charge is 0.445 e. The van der Waals surface area contributed by atoms with E-state index in [0.717, 1.165) is 60.8 Å². The van der Waals surface area contributed by atoms with Crippen molar-refractivity contribution >= 4 is 53.7 Å². The number of nitrogens with zero attached hydrogens (tertiary/aromatic N) is 2. The van der Waals surface area contributed by atoms with Crippen LogP contribution in [-0.4, -0.2) is 126 Å². The van der Waals surface area contributed by atoms with E-state index in [1.807, 2.05) is 139 Å². The van der Waals surface area contributed by atoms with E-state index in [4.69, 9.17) is 14.2 Å². The number of hydrogen-bond donors (Lipinski definition) is 7. The maximum atomic E-state index is 14.2. The van der Waals surface area contributed by atoms with Crippen LogP contribution in [0.1, 0.15) is 153 Å². The first-order valence-corrected chi connectivity index (χ1v) is 31.0. The van der Waals surface area contributed by atoms with Gasteiger partial charge in [-0.3, -0.25) is 28.8 Å². The first-order chi connectivity index (χ1) is 42.1. The minimum absolute atomic E-state index is 0.0327. The van der Waals surface area contributed by atoms with Crippen molar-refractivity contribution in [2.45, 2.75) is 182 Å². The van der Waals surface area contributed by atoms with Crippen LogP contribution in [0.2, 0.25) is 0 Å². The van der Waals surface area contributed by atoms with Gasteiger partial charge >= 0.3 is 18.3 Å². The standard InChI is InChI=1S/C36H49N5O7.C32H42N4O5/c1-35(2,3)30(40-34(46)48-36(4,5)6)32(44)41-21-25(38-29(42)20-37-33(45)47-22-23-13-8-7-9-14-23)19-28(41)31(43)39-27-18-12-16-24-15-10-11-17-26(24)27;1-21(32(2,3)4)30(39)36-19-24(34-28(37)18-33-31(40)41-20-22-11-6-5-7-12-22)17-27(36)29(38)35-26-16-10-14-23-13-8-9-15-25(23)26/h7-11,13-15,17,25,27-28,30H,12,16,18-22H2,1-6H3,(H,37,45)(H,38,42)(H,39,43)(H,40,46);5-9,11-13,15,21,24,26-27H,10,14,16-20H2,1-4H3,(H,33,40)(H,34,37)(H,35,38)/t25-,27+,28-,30+;21-,24+,26-,27+/m01/s1. The van der Waals surface area contributed by atoms with Crippen LogP contribution in [0.25, 0.3) is 0 Å². The molecule has 21 heteroatoms. The van der Waals surface area contributed by atoms with Gasteiger partial charge in [-0.2, -0.15) is 0 Å². The normalized spacial score (nSPS) is 20.2. The predicted octanol–water partition coefficient (Wildman–Crippen LogP) is 8.01. The zero-order valence-electron chi connectivity index (χ0n) is 53.2. The summed E-state index contributed by atoms with van der Waals surface area (Å²) in [5, 5.41) is 19.7. The number of fused-ring (bicyclic) bond motifs is 2. The lowest BCUT2D eigenvalue weighted by molar-refractivity contribution is -0.144. The van der Waals surface area contributed by atoms with E-state index in [0.29, 0.717) is 6.42 Å². The van der Waals surface area contributed by atoms with Crippen molar-refractivity contribution in [2.75, 3.05) is 26.2 Å². The van der Waals surface area contributed by atoms with E-state index in [1.54, 1.807) is 25.7 Å². The molecule has 89 heavy (non-hydrogen) atoms.